The van der Waals surface area contributed by atoms with E-state index in [1.807, 2.05) is 19.2 Å². The van der Waals surface area contributed by atoms with Crippen LogP contribution in [-0.4, -0.2) is 14.4 Å². The van der Waals surface area contributed by atoms with Crippen LogP contribution in [-0.2, 0) is 0 Å². The number of hydrogen-bond acceptors (Lipinski definition) is 1. The molecule has 0 aromatic heterocycles. The maximum absolute atomic E-state index is 5.48. The molecule has 0 unspecified atom stereocenters. The fraction of sp³-hybridized carbons (Fsp3) is 0.333. The summed E-state index contributed by atoms with van der Waals surface area (Å²) >= 11 is 0. The number of rotatable bonds is 0. The first-order chi connectivity index (χ1) is 3.79. The number of dihydropyridines is 1. The maximum Gasteiger partial charge on any atom is 0.110 e. The highest BCUT2D eigenvalue weighted by molar-refractivity contribution is 6.22. The molecule has 0 amide bonds. The topological polar surface area (TPSA) is 12.0 Å². The second-order valence-corrected chi connectivity index (χ2v) is 1.99. The smallest absolute Gasteiger partial charge is 0.110 e. The molecule has 0 atom stereocenters. The van der Waals surface area contributed by atoms with E-state index in [0.717, 1.165) is 12.0 Å². The van der Waals surface area contributed by atoms with Crippen molar-refractivity contribution in [1.29, 1.82) is 0 Å². The van der Waals surface area contributed by atoms with Gasteiger partial charge in [-0.2, -0.15) is 0 Å². The minimum absolute atomic E-state index is 0.789. The zero-order valence-corrected chi connectivity index (χ0v) is 4.94. The molecule has 2 radical (unpaired) electrons. The minimum atomic E-state index is 0.789. The van der Waals surface area contributed by atoms with Crippen LogP contribution < -0.4 is 5.32 Å². The molecule has 0 bridgehead atoms. The van der Waals surface area contributed by atoms with E-state index in [1.165, 1.54) is 5.57 Å². The first kappa shape index (κ1) is 5.48. The van der Waals surface area contributed by atoms with Gasteiger partial charge in [0, 0.05) is 6.54 Å². The van der Waals surface area contributed by atoms with Crippen molar-refractivity contribution in [3.8, 4) is 0 Å². The van der Waals surface area contributed by atoms with Crippen LogP contribution in [0.3, 0.4) is 0 Å². The minimum Gasteiger partial charge on any atom is -0.388 e. The van der Waals surface area contributed by atoms with E-state index in [0.29, 0.717) is 0 Å². The van der Waals surface area contributed by atoms with Crippen molar-refractivity contribution in [1.82, 2.24) is 5.32 Å². The zero-order chi connectivity index (χ0) is 5.98. The van der Waals surface area contributed by atoms with Gasteiger partial charge in [-0.25, -0.2) is 0 Å². The Bertz CT molecular complexity index is 147. The second-order valence-electron chi connectivity index (χ2n) is 1.99. The predicted molar refractivity (Wildman–Crippen MR) is 35.6 cm³/mol. The van der Waals surface area contributed by atoms with Gasteiger partial charge in [0.25, 0.3) is 0 Å². The third-order valence-electron chi connectivity index (χ3n) is 1.05. The normalized spacial score (nSPS) is 18.6. The molecule has 1 N–H and O–H groups in total. The van der Waals surface area contributed by atoms with Gasteiger partial charge in [-0.15, -0.1) is 0 Å². The van der Waals surface area contributed by atoms with Crippen LogP contribution >= 0.6 is 0 Å². The van der Waals surface area contributed by atoms with E-state index in [4.69, 9.17) is 7.85 Å². The molecule has 0 saturated heterocycles. The molecule has 1 aliphatic heterocycles. The highest BCUT2D eigenvalue weighted by atomic mass is 14.8. The van der Waals surface area contributed by atoms with Crippen LogP contribution in [0.25, 0.3) is 0 Å². The van der Waals surface area contributed by atoms with Crippen molar-refractivity contribution in [3.63, 3.8) is 0 Å². The van der Waals surface area contributed by atoms with Crippen LogP contribution in [0, 0.1) is 0 Å². The third-order valence-corrected chi connectivity index (χ3v) is 1.05. The molecule has 8 heavy (non-hydrogen) atoms. The Balaban J connectivity index is 2.69. The van der Waals surface area contributed by atoms with Crippen molar-refractivity contribution in [2.24, 2.45) is 0 Å². The Morgan fingerprint density at radius 3 is 2.88 bits per heavy atom. The van der Waals surface area contributed by atoms with Gasteiger partial charge >= 0.3 is 0 Å². The first-order valence-electron chi connectivity index (χ1n) is 2.65. The average molecular weight is 105 g/mol. The lowest BCUT2D eigenvalue weighted by Crippen LogP contribution is -2.14. The summed E-state index contributed by atoms with van der Waals surface area (Å²) in [7, 11) is 5.48. The SMILES string of the molecule is [B]C1=CC(C)=CNC1. The number of allylic oxidation sites excluding steroid dienone is 2. The number of hydrogen-bond donors (Lipinski definition) is 1. The van der Waals surface area contributed by atoms with Gasteiger partial charge in [0.05, 0.1) is 0 Å². The summed E-state index contributed by atoms with van der Waals surface area (Å²) in [5, 5.41) is 3.03. The zero-order valence-electron chi connectivity index (χ0n) is 4.94. The van der Waals surface area contributed by atoms with E-state index in [-0.39, 0.29) is 0 Å². The molecule has 40 valence electrons. The second kappa shape index (κ2) is 2.08. The standard InChI is InChI=1S/C6H8BN/c1-5-2-6(7)4-8-3-5/h2-3,8H,4H2,1H3. The fourth-order valence-corrected chi connectivity index (χ4v) is 0.715. The predicted octanol–water partition coefficient (Wildman–Crippen LogP) is 0.546. The molecule has 0 aromatic rings. The van der Waals surface area contributed by atoms with Gasteiger partial charge in [-0.1, -0.05) is 11.5 Å². The van der Waals surface area contributed by atoms with E-state index in [1.54, 1.807) is 0 Å². The van der Waals surface area contributed by atoms with E-state index >= 15 is 0 Å². The Morgan fingerprint density at radius 1 is 1.75 bits per heavy atom. The quantitative estimate of drug-likeness (QED) is 0.443. The fourth-order valence-electron chi connectivity index (χ4n) is 0.715. The maximum atomic E-state index is 5.48. The molecular weight excluding hydrogens is 96.9 g/mol. The highest BCUT2D eigenvalue weighted by Crippen LogP contribution is 2.00. The average Bonchev–Trinajstić information content (AvgIpc) is 1.64. The van der Waals surface area contributed by atoms with Crippen LogP contribution in [0.1, 0.15) is 6.92 Å². The Hall–Kier alpha value is -0.655. The molecule has 0 saturated carbocycles. The lowest BCUT2D eigenvalue weighted by Gasteiger charge is -2.08. The summed E-state index contributed by atoms with van der Waals surface area (Å²) < 4.78 is 0. The van der Waals surface area contributed by atoms with Crippen LogP contribution in [0.4, 0.5) is 0 Å². The molecule has 1 aliphatic rings. The van der Waals surface area contributed by atoms with E-state index in [9.17, 15) is 0 Å². The van der Waals surface area contributed by atoms with E-state index in [2.05, 4.69) is 5.32 Å². The van der Waals surface area contributed by atoms with Crippen LogP contribution in [0.2, 0.25) is 0 Å². The summed E-state index contributed by atoms with van der Waals surface area (Å²) in [6.45, 7) is 2.80. The van der Waals surface area contributed by atoms with Gasteiger partial charge in [0.2, 0.25) is 0 Å². The van der Waals surface area contributed by atoms with Crippen molar-refractivity contribution in [3.05, 3.63) is 23.3 Å². The number of nitrogens with one attached hydrogen (secondary N) is 1. The Labute approximate surface area is 50.9 Å². The van der Waals surface area contributed by atoms with Crippen molar-refractivity contribution < 1.29 is 0 Å². The molecule has 1 rings (SSSR count). The summed E-state index contributed by atoms with van der Waals surface area (Å²) in [4.78, 5) is 0. The van der Waals surface area contributed by atoms with Gasteiger partial charge in [-0.05, 0) is 18.7 Å². The Kier molecular flexibility index (Phi) is 1.42. The molecule has 0 aliphatic carbocycles. The summed E-state index contributed by atoms with van der Waals surface area (Å²) in [6, 6.07) is 0. The molecule has 2 heteroatoms. The van der Waals surface area contributed by atoms with Crippen molar-refractivity contribution in [2.75, 3.05) is 6.54 Å². The van der Waals surface area contributed by atoms with Crippen LogP contribution in [0.5, 0.6) is 0 Å². The van der Waals surface area contributed by atoms with Crippen molar-refractivity contribution >= 4 is 7.85 Å². The lowest BCUT2D eigenvalue weighted by atomic mass is 9.92. The lowest BCUT2D eigenvalue weighted by molar-refractivity contribution is 0.941. The van der Waals surface area contributed by atoms with Gasteiger partial charge in [0.15, 0.2) is 0 Å². The first-order valence-corrected chi connectivity index (χ1v) is 2.65. The molecule has 0 spiro atoms. The summed E-state index contributed by atoms with van der Waals surface area (Å²) in [5.74, 6) is 0. The summed E-state index contributed by atoms with van der Waals surface area (Å²) in [6.07, 6.45) is 3.92. The van der Waals surface area contributed by atoms with Crippen LogP contribution in [0.15, 0.2) is 23.3 Å². The van der Waals surface area contributed by atoms with Crippen molar-refractivity contribution in [2.45, 2.75) is 6.92 Å². The third kappa shape index (κ3) is 1.16. The Morgan fingerprint density at radius 2 is 2.50 bits per heavy atom. The highest BCUT2D eigenvalue weighted by Gasteiger charge is 1.92. The van der Waals surface area contributed by atoms with Gasteiger partial charge < -0.3 is 5.32 Å². The molecule has 1 nitrogen and oxygen atoms in total. The molecule has 1 heterocycles. The molecular formula is C6H8BN. The van der Waals surface area contributed by atoms with E-state index < -0.39 is 0 Å². The molecule has 0 aromatic carbocycles. The van der Waals surface area contributed by atoms with Gasteiger partial charge in [0.1, 0.15) is 7.85 Å². The summed E-state index contributed by atoms with van der Waals surface area (Å²) in [5.41, 5.74) is 2.10. The van der Waals surface area contributed by atoms with Gasteiger partial charge in [-0.3, -0.25) is 0 Å². The monoisotopic (exact) mass is 105 g/mol. The molecule has 0 fully saturated rings. The largest absolute Gasteiger partial charge is 0.388 e.